The van der Waals surface area contributed by atoms with Crippen molar-refractivity contribution in [2.75, 3.05) is 19.7 Å². The van der Waals surface area contributed by atoms with Gasteiger partial charge in [0, 0.05) is 24.0 Å². The number of benzene rings is 1. The molecule has 2 unspecified atom stereocenters. The van der Waals surface area contributed by atoms with Crippen molar-refractivity contribution in [1.82, 2.24) is 4.90 Å². The van der Waals surface area contributed by atoms with E-state index in [9.17, 15) is 9.90 Å². The summed E-state index contributed by atoms with van der Waals surface area (Å²) in [4.78, 5) is 13.7. The SMILES string of the molecule is CC(O)C1CCN(C(=O)COc2ccc(Cl)cc2)C1. The molecule has 1 aliphatic heterocycles. The van der Waals surface area contributed by atoms with E-state index in [1.165, 1.54) is 0 Å². The maximum atomic E-state index is 11.9. The van der Waals surface area contributed by atoms with Gasteiger partial charge < -0.3 is 14.7 Å². The monoisotopic (exact) mass is 283 g/mol. The van der Waals surface area contributed by atoms with Crippen LogP contribution in [0.1, 0.15) is 13.3 Å². The average molecular weight is 284 g/mol. The van der Waals surface area contributed by atoms with Crippen molar-refractivity contribution in [1.29, 1.82) is 0 Å². The lowest BCUT2D eigenvalue weighted by molar-refractivity contribution is -0.132. The van der Waals surface area contributed by atoms with E-state index in [4.69, 9.17) is 16.3 Å². The number of amides is 1. The highest BCUT2D eigenvalue weighted by atomic mass is 35.5. The first-order valence-corrected chi connectivity index (χ1v) is 6.78. The second-order valence-electron chi connectivity index (χ2n) is 4.87. The number of rotatable bonds is 4. The third kappa shape index (κ3) is 3.85. The summed E-state index contributed by atoms with van der Waals surface area (Å²) >= 11 is 5.77. The van der Waals surface area contributed by atoms with Crippen molar-refractivity contribution in [3.05, 3.63) is 29.3 Å². The Labute approximate surface area is 117 Å². The lowest BCUT2D eigenvalue weighted by Crippen LogP contribution is -2.34. The Hall–Kier alpha value is -1.26. The average Bonchev–Trinajstić information content (AvgIpc) is 2.87. The summed E-state index contributed by atoms with van der Waals surface area (Å²) in [6, 6.07) is 6.91. The van der Waals surface area contributed by atoms with Gasteiger partial charge in [0.05, 0.1) is 6.10 Å². The molecule has 0 saturated carbocycles. The Kier molecular flexibility index (Phi) is 4.66. The molecule has 1 aliphatic rings. The fraction of sp³-hybridized carbons (Fsp3) is 0.500. The number of hydrogen-bond acceptors (Lipinski definition) is 3. The first-order chi connectivity index (χ1) is 9.06. The molecule has 0 aliphatic carbocycles. The van der Waals surface area contributed by atoms with E-state index < -0.39 is 0 Å². The zero-order chi connectivity index (χ0) is 13.8. The fourth-order valence-corrected chi connectivity index (χ4v) is 2.30. The van der Waals surface area contributed by atoms with Crippen LogP contribution in [0.15, 0.2) is 24.3 Å². The van der Waals surface area contributed by atoms with Crippen LogP contribution in [-0.2, 0) is 4.79 Å². The van der Waals surface area contributed by atoms with Gasteiger partial charge in [-0.15, -0.1) is 0 Å². The summed E-state index contributed by atoms with van der Waals surface area (Å²) in [7, 11) is 0. The van der Waals surface area contributed by atoms with Crippen LogP contribution in [0.4, 0.5) is 0 Å². The number of halogens is 1. The van der Waals surface area contributed by atoms with Gasteiger partial charge >= 0.3 is 0 Å². The van der Waals surface area contributed by atoms with E-state index in [2.05, 4.69) is 0 Å². The van der Waals surface area contributed by atoms with E-state index >= 15 is 0 Å². The summed E-state index contributed by atoms with van der Waals surface area (Å²) in [5.74, 6) is 0.765. The maximum absolute atomic E-state index is 11.9. The Morgan fingerprint density at radius 1 is 1.53 bits per heavy atom. The summed E-state index contributed by atoms with van der Waals surface area (Å²) in [5.41, 5.74) is 0. The molecule has 4 nitrogen and oxygen atoms in total. The fourth-order valence-electron chi connectivity index (χ4n) is 2.17. The third-order valence-corrected chi connectivity index (χ3v) is 3.69. The van der Waals surface area contributed by atoms with Crippen molar-refractivity contribution in [2.45, 2.75) is 19.4 Å². The lowest BCUT2D eigenvalue weighted by Gasteiger charge is -2.18. The molecular weight excluding hydrogens is 266 g/mol. The molecule has 1 heterocycles. The zero-order valence-electron chi connectivity index (χ0n) is 10.9. The highest BCUT2D eigenvalue weighted by Gasteiger charge is 2.28. The molecule has 2 atom stereocenters. The molecule has 0 radical (unpaired) electrons. The van der Waals surface area contributed by atoms with Gasteiger partial charge in [-0.2, -0.15) is 0 Å². The second kappa shape index (κ2) is 6.26. The molecule has 2 rings (SSSR count). The number of likely N-dealkylation sites (tertiary alicyclic amines) is 1. The van der Waals surface area contributed by atoms with Crippen molar-refractivity contribution >= 4 is 17.5 Å². The quantitative estimate of drug-likeness (QED) is 0.919. The van der Waals surface area contributed by atoms with Crippen LogP contribution in [0.25, 0.3) is 0 Å². The van der Waals surface area contributed by atoms with Crippen LogP contribution < -0.4 is 4.74 Å². The summed E-state index contributed by atoms with van der Waals surface area (Å²) in [5, 5.41) is 10.1. The molecule has 0 bridgehead atoms. The van der Waals surface area contributed by atoms with Gasteiger partial charge in [0.25, 0.3) is 5.91 Å². The molecular formula is C14H18ClNO3. The topological polar surface area (TPSA) is 49.8 Å². The van der Waals surface area contributed by atoms with Gasteiger partial charge in [-0.25, -0.2) is 0 Å². The number of aliphatic hydroxyl groups excluding tert-OH is 1. The van der Waals surface area contributed by atoms with Crippen molar-refractivity contribution < 1.29 is 14.6 Å². The Morgan fingerprint density at radius 3 is 2.79 bits per heavy atom. The first-order valence-electron chi connectivity index (χ1n) is 6.40. The molecule has 1 N–H and O–H groups in total. The number of carbonyl (C=O) groups excluding carboxylic acids is 1. The molecule has 1 amide bonds. The van der Waals surface area contributed by atoms with E-state index in [1.54, 1.807) is 36.1 Å². The van der Waals surface area contributed by atoms with Gasteiger partial charge in [0.15, 0.2) is 6.61 Å². The van der Waals surface area contributed by atoms with Crippen LogP contribution in [0, 0.1) is 5.92 Å². The number of ether oxygens (including phenoxy) is 1. The molecule has 0 aromatic heterocycles. The molecule has 1 aromatic rings. The Morgan fingerprint density at radius 2 is 2.21 bits per heavy atom. The Bertz CT molecular complexity index is 433. The minimum Gasteiger partial charge on any atom is -0.484 e. The second-order valence-corrected chi connectivity index (χ2v) is 5.31. The van der Waals surface area contributed by atoms with Gasteiger partial charge in [-0.05, 0) is 37.6 Å². The van der Waals surface area contributed by atoms with Crippen molar-refractivity contribution in [3.8, 4) is 5.75 Å². The predicted octanol–water partition coefficient (Wildman–Crippen LogP) is 1.95. The molecule has 0 spiro atoms. The maximum Gasteiger partial charge on any atom is 0.260 e. The highest BCUT2D eigenvalue weighted by molar-refractivity contribution is 6.30. The molecule has 1 aromatic carbocycles. The van der Waals surface area contributed by atoms with Gasteiger partial charge in [0.1, 0.15) is 5.75 Å². The molecule has 1 saturated heterocycles. The summed E-state index contributed by atoms with van der Waals surface area (Å²) in [6.45, 7) is 3.09. The van der Waals surface area contributed by atoms with Gasteiger partial charge in [-0.3, -0.25) is 4.79 Å². The van der Waals surface area contributed by atoms with Gasteiger partial charge in [-0.1, -0.05) is 11.6 Å². The van der Waals surface area contributed by atoms with Crippen LogP contribution in [0.2, 0.25) is 5.02 Å². The molecule has 1 fully saturated rings. The van der Waals surface area contributed by atoms with Crippen molar-refractivity contribution in [3.63, 3.8) is 0 Å². The van der Waals surface area contributed by atoms with Crippen LogP contribution in [-0.4, -0.2) is 41.7 Å². The van der Waals surface area contributed by atoms with Crippen LogP contribution in [0.5, 0.6) is 5.75 Å². The predicted molar refractivity (Wildman–Crippen MR) is 73.3 cm³/mol. The zero-order valence-corrected chi connectivity index (χ0v) is 11.6. The van der Waals surface area contributed by atoms with Crippen LogP contribution in [0.3, 0.4) is 0 Å². The number of hydrogen-bond donors (Lipinski definition) is 1. The molecule has 5 heteroatoms. The number of nitrogens with zero attached hydrogens (tertiary/aromatic N) is 1. The van der Waals surface area contributed by atoms with Gasteiger partial charge in [0.2, 0.25) is 0 Å². The standard InChI is InChI=1S/C14H18ClNO3/c1-10(17)11-6-7-16(8-11)14(18)9-19-13-4-2-12(15)3-5-13/h2-5,10-11,17H,6-9H2,1H3. The molecule has 19 heavy (non-hydrogen) atoms. The smallest absolute Gasteiger partial charge is 0.260 e. The largest absolute Gasteiger partial charge is 0.484 e. The Balaban J connectivity index is 1.80. The number of aliphatic hydroxyl groups is 1. The van der Waals surface area contributed by atoms with Crippen molar-refractivity contribution in [2.24, 2.45) is 5.92 Å². The normalized spacial score (nSPS) is 20.4. The summed E-state index contributed by atoms with van der Waals surface area (Å²) in [6.07, 6.45) is 0.486. The first kappa shape index (κ1) is 14.2. The minimum atomic E-state index is -0.366. The molecule has 104 valence electrons. The highest BCUT2D eigenvalue weighted by Crippen LogP contribution is 2.20. The number of carbonyl (C=O) groups is 1. The van der Waals surface area contributed by atoms with E-state index in [0.717, 1.165) is 6.42 Å². The third-order valence-electron chi connectivity index (χ3n) is 3.44. The van der Waals surface area contributed by atoms with E-state index in [-0.39, 0.29) is 24.5 Å². The summed E-state index contributed by atoms with van der Waals surface area (Å²) < 4.78 is 5.42. The van der Waals surface area contributed by atoms with Crippen LogP contribution >= 0.6 is 11.6 Å². The lowest BCUT2D eigenvalue weighted by atomic mass is 10.0. The van der Waals surface area contributed by atoms with E-state index in [0.29, 0.717) is 23.9 Å². The van der Waals surface area contributed by atoms with E-state index in [1.807, 2.05) is 0 Å². The minimum absolute atomic E-state index is 0.0220.